The molecular formula is C15H15N3O. The lowest BCUT2D eigenvalue weighted by Gasteiger charge is -2.19. The monoisotopic (exact) mass is 253 g/mol. The van der Waals surface area contributed by atoms with E-state index in [0.29, 0.717) is 17.8 Å². The number of nitrogens with zero attached hydrogens (tertiary/aromatic N) is 2. The van der Waals surface area contributed by atoms with Crippen molar-refractivity contribution in [2.75, 3.05) is 17.2 Å². The lowest BCUT2D eigenvalue weighted by Crippen LogP contribution is -2.29. The lowest BCUT2D eigenvalue weighted by atomic mass is 10.1. The molecule has 1 amide bonds. The molecule has 0 radical (unpaired) electrons. The molecule has 2 N–H and O–H groups in total. The predicted molar refractivity (Wildman–Crippen MR) is 75.2 cm³/mol. The zero-order valence-corrected chi connectivity index (χ0v) is 10.8. The van der Waals surface area contributed by atoms with Crippen molar-refractivity contribution < 1.29 is 4.79 Å². The molecule has 96 valence electrons. The molecule has 0 atom stereocenters. The maximum atomic E-state index is 12.5. The molecule has 0 spiro atoms. The van der Waals surface area contributed by atoms with Crippen LogP contribution in [0.2, 0.25) is 0 Å². The lowest BCUT2D eigenvalue weighted by molar-refractivity contribution is 0.0989. The minimum Gasteiger partial charge on any atom is -0.397 e. The topological polar surface area (TPSA) is 59.2 Å². The van der Waals surface area contributed by atoms with Crippen molar-refractivity contribution in [2.24, 2.45) is 0 Å². The first-order valence-corrected chi connectivity index (χ1v) is 6.27. The van der Waals surface area contributed by atoms with Crippen LogP contribution < -0.4 is 10.6 Å². The summed E-state index contributed by atoms with van der Waals surface area (Å²) in [6.45, 7) is 2.60. The third kappa shape index (κ3) is 1.95. The van der Waals surface area contributed by atoms with Gasteiger partial charge in [0.2, 0.25) is 0 Å². The number of anilines is 2. The Hall–Kier alpha value is -2.36. The van der Waals surface area contributed by atoms with E-state index in [1.807, 2.05) is 31.2 Å². The highest BCUT2D eigenvalue weighted by molar-refractivity contribution is 6.08. The van der Waals surface area contributed by atoms with Crippen molar-refractivity contribution in [2.45, 2.75) is 13.3 Å². The maximum absolute atomic E-state index is 12.5. The number of carbonyl (C=O) groups is 1. The molecule has 0 saturated heterocycles. The quantitative estimate of drug-likeness (QED) is 0.792. The van der Waals surface area contributed by atoms with Gasteiger partial charge in [0.25, 0.3) is 5.91 Å². The second-order valence-corrected chi connectivity index (χ2v) is 4.81. The molecule has 0 saturated carbocycles. The highest BCUT2D eigenvalue weighted by Gasteiger charge is 2.27. The summed E-state index contributed by atoms with van der Waals surface area (Å²) < 4.78 is 0. The predicted octanol–water partition coefficient (Wildman–Crippen LogP) is 2.18. The van der Waals surface area contributed by atoms with Crippen molar-refractivity contribution >= 4 is 17.3 Å². The molecule has 4 nitrogen and oxygen atoms in total. The van der Waals surface area contributed by atoms with Gasteiger partial charge < -0.3 is 10.6 Å². The molecule has 19 heavy (non-hydrogen) atoms. The highest BCUT2D eigenvalue weighted by atomic mass is 16.2. The molecule has 1 aliphatic rings. The Balaban J connectivity index is 2.00. The van der Waals surface area contributed by atoms with Gasteiger partial charge in [0.15, 0.2) is 0 Å². The average molecular weight is 253 g/mol. The zero-order chi connectivity index (χ0) is 13.4. The summed E-state index contributed by atoms with van der Waals surface area (Å²) in [6.07, 6.45) is 4.20. The number of carbonyl (C=O) groups excluding carboxylic acids is 1. The van der Waals surface area contributed by atoms with E-state index in [0.717, 1.165) is 23.2 Å². The van der Waals surface area contributed by atoms with Gasteiger partial charge in [0.1, 0.15) is 0 Å². The fourth-order valence-electron chi connectivity index (χ4n) is 2.52. The van der Waals surface area contributed by atoms with E-state index in [-0.39, 0.29) is 5.91 Å². The molecule has 2 aromatic rings. The number of hydrogen-bond acceptors (Lipinski definition) is 3. The van der Waals surface area contributed by atoms with Crippen LogP contribution in [0.4, 0.5) is 11.4 Å². The minimum atomic E-state index is -0.0344. The second kappa shape index (κ2) is 4.39. The van der Waals surface area contributed by atoms with E-state index < -0.39 is 0 Å². The van der Waals surface area contributed by atoms with Crippen LogP contribution >= 0.6 is 0 Å². The molecular weight excluding hydrogens is 238 g/mol. The number of aromatic nitrogens is 1. The van der Waals surface area contributed by atoms with Gasteiger partial charge in [-0.3, -0.25) is 9.78 Å². The molecule has 1 aliphatic heterocycles. The Morgan fingerprint density at radius 1 is 1.37 bits per heavy atom. The van der Waals surface area contributed by atoms with Crippen LogP contribution in [0.3, 0.4) is 0 Å². The van der Waals surface area contributed by atoms with Gasteiger partial charge in [-0.25, -0.2) is 0 Å². The summed E-state index contributed by atoms with van der Waals surface area (Å²) in [4.78, 5) is 18.4. The first-order chi connectivity index (χ1) is 9.16. The van der Waals surface area contributed by atoms with E-state index in [2.05, 4.69) is 4.98 Å². The van der Waals surface area contributed by atoms with Gasteiger partial charge in [0, 0.05) is 18.9 Å². The van der Waals surface area contributed by atoms with E-state index in [1.165, 1.54) is 0 Å². The largest absolute Gasteiger partial charge is 0.397 e. The molecule has 3 rings (SSSR count). The highest BCUT2D eigenvalue weighted by Crippen LogP contribution is 2.34. The van der Waals surface area contributed by atoms with Crippen molar-refractivity contribution in [1.29, 1.82) is 0 Å². The summed E-state index contributed by atoms with van der Waals surface area (Å²) in [5.74, 6) is -0.0344. The summed E-state index contributed by atoms with van der Waals surface area (Å²) in [6, 6.07) is 7.63. The van der Waals surface area contributed by atoms with E-state index in [1.54, 1.807) is 17.3 Å². The molecule has 0 bridgehead atoms. The number of hydrogen-bond donors (Lipinski definition) is 1. The third-order valence-electron chi connectivity index (χ3n) is 3.39. The van der Waals surface area contributed by atoms with Crippen LogP contribution in [0, 0.1) is 6.92 Å². The van der Waals surface area contributed by atoms with Crippen LogP contribution in [0.15, 0.2) is 36.7 Å². The molecule has 0 fully saturated rings. The van der Waals surface area contributed by atoms with E-state index in [9.17, 15) is 4.79 Å². The number of nitrogens with two attached hydrogens (primary N) is 1. The number of para-hydroxylation sites is 1. The second-order valence-electron chi connectivity index (χ2n) is 4.81. The Morgan fingerprint density at radius 2 is 2.21 bits per heavy atom. The van der Waals surface area contributed by atoms with Gasteiger partial charge in [-0.1, -0.05) is 12.1 Å². The Kier molecular flexibility index (Phi) is 2.71. The van der Waals surface area contributed by atoms with Crippen LogP contribution in [0.25, 0.3) is 0 Å². The minimum absolute atomic E-state index is 0.0344. The number of aryl methyl sites for hydroxylation is 1. The van der Waals surface area contributed by atoms with Crippen molar-refractivity contribution in [3.63, 3.8) is 0 Å². The third-order valence-corrected chi connectivity index (χ3v) is 3.39. The van der Waals surface area contributed by atoms with E-state index >= 15 is 0 Å². The van der Waals surface area contributed by atoms with E-state index in [4.69, 9.17) is 5.73 Å². The number of nitrogen functional groups attached to an aromatic ring is 1. The maximum Gasteiger partial charge on any atom is 0.259 e. The smallest absolute Gasteiger partial charge is 0.259 e. The number of pyridine rings is 1. The number of amides is 1. The number of rotatable bonds is 1. The van der Waals surface area contributed by atoms with Crippen LogP contribution in [-0.4, -0.2) is 17.4 Å². The van der Waals surface area contributed by atoms with Crippen molar-refractivity contribution in [3.05, 3.63) is 53.3 Å². The SMILES string of the molecule is Cc1cncc(C(=O)N2CCc3cccc(N)c32)c1. The Labute approximate surface area is 111 Å². The summed E-state index contributed by atoms with van der Waals surface area (Å²) in [5, 5.41) is 0. The molecule has 0 unspecified atom stereocenters. The summed E-state index contributed by atoms with van der Waals surface area (Å²) in [5.41, 5.74) is 10.2. The first-order valence-electron chi connectivity index (χ1n) is 6.27. The normalized spacial score (nSPS) is 13.4. The molecule has 1 aromatic heterocycles. The van der Waals surface area contributed by atoms with Gasteiger partial charge in [-0.15, -0.1) is 0 Å². The first kappa shape index (κ1) is 11.7. The van der Waals surface area contributed by atoms with Crippen LogP contribution in [0.1, 0.15) is 21.5 Å². The fraction of sp³-hybridized carbons (Fsp3) is 0.200. The van der Waals surface area contributed by atoms with Crippen LogP contribution in [-0.2, 0) is 6.42 Å². The van der Waals surface area contributed by atoms with Gasteiger partial charge in [-0.2, -0.15) is 0 Å². The number of benzene rings is 1. The molecule has 1 aromatic carbocycles. The van der Waals surface area contributed by atoms with Crippen molar-refractivity contribution in [1.82, 2.24) is 4.98 Å². The molecule has 2 heterocycles. The standard InChI is InChI=1S/C15H15N3O/c1-10-7-12(9-17-8-10)15(19)18-6-5-11-3-2-4-13(16)14(11)18/h2-4,7-9H,5-6,16H2,1H3. The van der Waals surface area contributed by atoms with Gasteiger partial charge in [0.05, 0.1) is 16.9 Å². The Bertz CT molecular complexity index is 652. The summed E-state index contributed by atoms with van der Waals surface area (Å²) >= 11 is 0. The van der Waals surface area contributed by atoms with Crippen LogP contribution in [0.5, 0.6) is 0 Å². The zero-order valence-electron chi connectivity index (χ0n) is 10.8. The molecule has 4 heteroatoms. The van der Waals surface area contributed by atoms with Gasteiger partial charge >= 0.3 is 0 Å². The molecule has 0 aliphatic carbocycles. The fourth-order valence-corrected chi connectivity index (χ4v) is 2.52. The average Bonchev–Trinajstić information content (AvgIpc) is 2.83. The van der Waals surface area contributed by atoms with Crippen molar-refractivity contribution in [3.8, 4) is 0 Å². The van der Waals surface area contributed by atoms with Gasteiger partial charge in [-0.05, 0) is 36.6 Å². The Morgan fingerprint density at radius 3 is 3.00 bits per heavy atom. The summed E-state index contributed by atoms with van der Waals surface area (Å²) in [7, 11) is 0. The number of fused-ring (bicyclic) bond motifs is 1.